The van der Waals surface area contributed by atoms with Crippen molar-refractivity contribution in [2.24, 2.45) is 5.73 Å². The molecule has 0 saturated heterocycles. The summed E-state index contributed by atoms with van der Waals surface area (Å²) >= 11 is 0. The van der Waals surface area contributed by atoms with E-state index in [-0.39, 0.29) is 6.54 Å². The van der Waals surface area contributed by atoms with Crippen LogP contribution in [0.1, 0.15) is 55.5 Å². The minimum absolute atomic E-state index is 0.268. The normalized spacial score (nSPS) is 12.7. The highest BCUT2D eigenvalue weighted by Crippen LogP contribution is 2.26. The number of nitrogens with two attached hydrogens (primary N) is 1. The van der Waals surface area contributed by atoms with E-state index in [1.165, 1.54) is 11.9 Å². The van der Waals surface area contributed by atoms with Crippen LogP contribution in [-0.2, 0) is 25.7 Å². The number of hydrogen-bond acceptors (Lipinski definition) is 5. The molecular weight excluding hydrogens is 460 g/mol. The Labute approximate surface area is 212 Å². The summed E-state index contributed by atoms with van der Waals surface area (Å²) in [6.07, 6.45) is -1.32. The van der Waals surface area contributed by atoms with Crippen LogP contribution in [0.5, 0.6) is 0 Å². The molecule has 36 heavy (non-hydrogen) atoms. The lowest BCUT2D eigenvalue weighted by molar-refractivity contribution is -0.141. The van der Waals surface area contributed by atoms with E-state index in [2.05, 4.69) is 10.6 Å². The predicted octanol–water partition coefficient (Wildman–Crippen LogP) is 2.89. The van der Waals surface area contributed by atoms with Crippen LogP contribution in [0.15, 0.2) is 48.5 Å². The second-order valence-corrected chi connectivity index (χ2v) is 9.78. The first-order valence-corrected chi connectivity index (χ1v) is 11.7. The van der Waals surface area contributed by atoms with Gasteiger partial charge in [0.15, 0.2) is 0 Å². The molecule has 0 aromatic heterocycles. The topological polar surface area (TPSA) is 131 Å². The van der Waals surface area contributed by atoms with Gasteiger partial charge in [-0.25, -0.2) is 4.79 Å². The summed E-state index contributed by atoms with van der Waals surface area (Å²) < 4.78 is 5.24. The number of aryl methyl sites for hydroxylation is 2. The zero-order valence-electron chi connectivity index (χ0n) is 21.8. The third-order valence-corrected chi connectivity index (χ3v) is 5.42. The molecule has 0 aliphatic rings. The van der Waals surface area contributed by atoms with Crippen LogP contribution in [0.4, 0.5) is 4.79 Å². The van der Waals surface area contributed by atoms with Crippen LogP contribution in [-0.4, -0.2) is 47.4 Å². The zero-order valence-corrected chi connectivity index (χ0v) is 21.8. The molecule has 0 aliphatic heterocycles. The van der Waals surface area contributed by atoms with Crippen molar-refractivity contribution in [3.63, 3.8) is 0 Å². The third-order valence-electron chi connectivity index (χ3n) is 5.42. The Morgan fingerprint density at radius 3 is 2.25 bits per heavy atom. The molecule has 0 bridgehead atoms. The molecule has 4 N–H and O–H groups in total. The number of amides is 4. The number of primary amides is 1. The summed E-state index contributed by atoms with van der Waals surface area (Å²) in [7, 11) is 1.46. The number of alkyl carbamates (subject to hydrolysis) is 1. The SMILES string of the molecule is Cc1ccc(C)c(C(C(=O)NCc2ccccc2)N(C)C(=O)C(CC(N)=O)NC(=O)OC(C)(C)C)c1. The number of carbonyl (C=O) groups is 4. The van der Waals surface area contributed by atoms with Gasteiger partial charge in [-0.15, -0.1) is 0 Å². The summed E-state index contributed by atoms with van der Waals surface area (Å²) in [6, 6.07) is 12.7. The van der Waals surface area contributed by atoms with Crippen molar-refractivity contribution >= 4 is 23.8 Å². The number of nitrogens with one attached hydrogen (secondary N) is 2. The van der Waals surface area contributed by atoms with Gasteiger partial charge in [-0.2, -0.15) is 0 Å². The number of rotatable bonds is 9. The quantitative estimate of drug-likeness (QED) is 0.491. The molecule has 0 fully saturated rings. The number of benzene rings is 2. The number of nitrogens with zero attached hydrogens (tertiary/aromatic N) is 1. The van der Waals surface area contributed by atoms with Gasteiger partial charge in [-0.05, 0) is 51.3 Å². The lowest BCUT2D eigenvalue weighted by Crippen LogP contribution is -2.52. The monoisotopic (exact) mass is 496 g/mol. The highest BCUT2D eigenvalue weighted by atomic mass is 16.6. The lowest BCUT2D eigenvalue weighted by Gasteiger charge is -2.32. The second kappa shape index (κ2) is 12.2. The van der Waals surface area contributed by atoms with Crippen LogP contribution in [0.3, 0.4) is 0 Å². The molecule has 0 aliphatic carbocycles. The summed E-state index contributed by atoms with van der Waals surface area (Å²) in [4.78, 5) is 52.3. The molecule has 9 heteroatoms. The molecule has 4 amide bonds. The maximum atomic E-state index is 13.5. The third kappa shape index (κ3) is 8.41. The Morgan fingerprint density at radius 1 is 1.03 bits per heavy atom. The molecule has 2 rings (SSSR count). The Morgan fingerprint density at radius 2 is 1.67 bits per heavy atom. The average molecular weight is 497 g/mol. The van der Waals surface area contributed by atoms with E-state index in [9.17, 15) is 19.2 Å². The van der Waals surface area contributed by atoms with Crippen molar-refractivity contribution in [1.29, 1.82) is 0 Å². The van der Waals surface area contributed by atoms with Crippen LogP contribution >= 0.6 is 0 Å². The molecule has 0 spiro atoms. The summed E-state index contributed by atoms with van der Waals surface area (Å²) in [5.41, 5.74) is 7.80. The van der Waals surface area contributed by atoms with Crippen LogP contribution in [0, 0.1) is 13.8 Å². The lowest BCUT2D eigenvalue weighted by atomic mass is 9.96. The number of ether oxygens (including phenoxy) is 1. The van der Waals surface area contributed by atoms with Crippen LogP contribution < -0.4 is 16.4 Å². The molecule has 0 heterocycles. The van der Waals surface area contributed by atoms with E-state index >= 15 is 0 Å². The van der Waals surface area contributed by atoms with Crippen molar-refractivity contribution in [2.75, 3.05) is 7.05 Å². The largest absolute Gasteiger partial charge is 0.444 e. The Bertz CT molecular complexity index is 1100. The molecule has 2 atom stereocenters. The first kappa shape index (κ1) is 28.4. The molecule has 2 aromatic rings. The molecular formula is C27H36N4O5. The van der Waals surface area contributed by atoms with Crippen LogP contribution in [0.2, 0.25) is 0 Å². The fourth-order valence-corrected chi connectivity index (χ4v) is 3.69. The smallest absolute Gasteiger partial charge is 0.408 e. The fraction of sp³-hybridized carbons (Fsp3) is 0.407. The predicted molar refractivity (Wildman–Crippen MR) is 137 cm³/mol. The van der Waals surface area contributed by atoms with Crippen molar-refractivity contribution in [2.45, 2.75) is 65.3 Å². The highest BCUT2D eigenvalue weighted by molar-refractivity contribution is 5.94. The zero-order chi connectivity index (χ0) is 27.0. The maximum Gasteiger partial charge on any atom is 0.408 e. The van der Waals surface area contributed by atoms with Gasteiger partial charge in [0, 0.05) is 13.6 Å². The van der Waals surface area contributed by atoms with Crippen molar-refractivity contribution in [3.05, 3.63) is 70.8 Å². The van der Waals surface area contributed by atoms with E-state index in [4.69, 9.17) is 10.5 Å². The molecule has 0 radical (unpaired) electrons. The van der Waals surface area contributed by atoms with E-state index in [1.807, 2.05) is 62.4 Å². The van der Waals surface area contributed by atoms with Gasteiger partial charge in [0.05, 0.1) is 6.42 Å². The maximum absolute atomic E-state index is 13.5. The molecule has 194 valence electrons. The first-order valence-electron chi connectivity index (χ1n) is 11.7. The van der Waals surface area contributed by atoms with Gasteiger partial charge in [-0.1, -0.05) is 54.1 Å². The first-order chi connectivity index (χ1) is 16.8. The minimum Gasteiger partial charge on any atom is -0.444 e. The summed E-state index contributed by atoms with van der Waals surface area (Å²) in [5.74, 6) is -1.84. The second-order valence-electron chi connectivity index (χ2n) is 9.78. The summed E-state index contributed by atoms with van der Waals surface area (Å²) in [6.45, 7) is 9.05. The van der Waals surface area contributed by atoms with E-state index in [1.54, 1.807) is 20.8 Å². The van der Waals surface area contributed by atoms with Gasteiger partial charge in [-0.3, -0.25) is 14.4 Å². The van der Waals surface area contributed by atoms with Crippen LogP contribution in [0.25, 0.3) is 0 Å². The number of carbonyl (C=O) groups excluding carboxylic acids is 4. The van der Waals surface area contributed by atoms with E-state index in [0.29, 0.717) is 5.56 Å². The van der Waals surface area contributed by atoms with Gasteiger partial charge in [0.2, 0.25) is 17.7 Å². The van der Waals surface area contributed by atoms with Gasteiger partial charge in [0.25, 0.3) is 0 Å². The fourth-order valence-electron chi connectivity index (χ4n) is 3.69. The average Bonchev–Trinajstić information content (AvgIpc) is 2.78. The Kier molecular flexibility index (Phi) is 9.60. The Balaban J connectivity index is 2.37. The van der Waals surface area contributed by atoms with E-state index in [0.717, 1.165) is 16.7 Å². The molecule has 2 unspecified atom stereocenters. The standard InChI is InChI=1S/C27H36N4O5/c1-17-12-13-18(2)20(14-17)23(24(33)29-16-19-10-8-7-9-11-19)31(6)25(34)21(15-22(28)32)30-26(35)36-27(3,4)5/h7-14,21,23H,15-16H2,1-6H3,(H2,28,32)(H,29,33)(H,30,35). The molecule has 9 nitrogen and oxygen atoms in total. The highest BCUT2D eigenvalue weighted by Gasteiger charge is 2.35. The summed E-state index contributed by atoms with van der Waals surface area (Å²) in [5, 5.41) is 5.32. The van der Waals surface area contributed by atoms with Crippen molar-refractivity contribution < 1.29 is 23.9 Å². The van der Waals surface area contributed by atoms with Gasteiger partial charge in [0.1, 0.15) is 17.7 Å². The molecule has 2 aromatic carbocycles. The Hall–Kier alpha value is -3.88. The van der Waals surface area contributed by atoms with Crippen molar-refractivity contribution in [1.82, 2.24) is 15.5 Å². The van der Waals surface area contributed by atoms with E-state index < -0.39 is 47.9 Å². The van der Waals surface area contributed by atoms with Gasteiger partial charge >= 0.3 is 6.09 Å². The van der Waals surface area contributed by atoms with Crippen molar-refractivity contribution in [3.8, 4) is 0 Å². The number of likely N-dealkylation sites (N-methyl/N-ethyl adjacent to an activating group) is 1. The number of hydrogen-bond donors (Lipinski definition) is 3. The molecule has 0 saturated carbocycles. The van der Waals surface area contributed by atoms with Gasteiger partial charge < -0.3 is 26.0 Å². The minimum atomic E-state index is -1.31.